The van der Waals surface area contributed by atoms with E-state index in [2.05, 4.69) is 11.9 Å². The van der Waals surface area contributed by atoms with Gasteiger partial charge in [0.25, 0.3) is 0 Å². The van der Waals surface area contributed by atoms with Gasteiger partial charge < -0.3 is 10.4 Å². The molecule has 0 bridgehead atoms. The van der Waals surface area contributed by atoms with Crippen LogP contribution in [0.4, 0.5) is 0 Å². The third kappa shape index (κ3) is 3.87. The van der Waals surface area contributed by atoms with E-state index in [0.717, 1.165) is 5.56 Å². The molecule has 2 N–H and O–H groups in total. The molecule has 0 aliphatic rings. The largest absolute Gasteiger partial charge is 0.394 e. The van der Waals surface area contributed by atoms with Crippen LogP contribution in [-0.2, 0) is 11.2 Å². The molecule has 0 radical (unpaired) electrons. The monoisotopic (exact) mass is 219 g/mol. The molecule has 1 aromatic carbocycles. The zero-order valence-electron chi connectivity index (χ0n) is 9.44. The molecule has 0 heterocycles. The normalized spacial score (nSPS) is 11.9. The van der Waals surface area contributed by atoms with Crippen LogP contribution in [0.3, 0.4) is 0 Å². The minimum atomic E-state index is -0.258. The first-order valence-electron chi connectivity index (χ1n) is 5.24. The van der Waals surface area contributed by atoms with Gasteiger partial charge in [0.1, 0.15) is 0 Å². The molecule has 0 aliphatic heterocycles. The van der Waals surface area contributed by atoms with Gasteiger partial charge in [-0.25, -0.2) is 0 Å². The van der Waals surface area contributed by atoms with Crippen molar-refractivity contribution < 1.29 is 9.90 Å². The first kappa shape index (κ1) is 12.5. The Kier molecular flexibility index (Phi) is 4.73. The standard InChI is InChI=1S/C13H17NO2/c1-10(2)13(16)14-12(9-15)8-11-6-4-3-5-7-11/h3-7,12,15H,1,8-9H2,2H3,(H,14,16)/t12-/m0/s1. The summed E-state index contributed by atoms with van der Waals surface area (Å²) in [6.07, 6.45) is 0.621. The first-order valence-corrected chi connectivity index (χ1v) is 5.24. The van der Waals surface area contributed by atoms with Crippen molar-refractivity contribution in [2.45, 2.75) is 19.4 Å². The first-order chi connectivity index (χ1) is 7.63. The lowest BCUT2D eigenvalue weighted by molar-refractivity contribution is -0.118. The number of rotatable bonds is 5. The van der Waals surface area contributed by atoms with Gasteiger partial charge in [0, 0.05) is 5.57 Å². The van der Waals surface area contributed by atoms with Crippen molar-refractivity contribution in [3.63, 3.8) is 0 Å². The number of aliphatic hydroxyl groups is 1. The average Bonchev–Trinajstić information content (AvgIpc) is 2.29. The Balaban J connectivity index is 2.56. The summed E-state index contributed by atoms with van der Waals surface area (Å²) in [7, 11) is 0. The van der Waals surface area contributed by atoms with Crippen LogP contribution in [0.25, 0.3) is 0 Å². The highest BCUT2D eigenvalue weighted by molar-refractivity contribution is 5.92. The summed E-state index contributed by atoms with van der Waals surface area (Å²) >= 11 is 0. The van der Waals surface area contributed by atoms with Crippen molar-refractivity contribution in [1.29, 1.82) is 0 Å². The van der Waals surface area contributed by atoms with E-state index in [9.17, 15) is 9.90 Å². The van der Waals surface area contributed by atoms with Crippen molar-refractivity contribution in [3.05, 3.63) is 48.0 Å². The quantitative estimate of drug-likeness (QED) is 0.733. The molecule has 3 nitrogen and oxygen atoms in total. The van der Waals surface area contributed by atoms with Gasteiger partial charge in [0.15, 0.2) is 0 Å². The Morgan fingerprint density at radius 2 is 2.06 bits per heavy atom. The Bertz CT molecular complexity index is 359. The van der Waals surface area contributed by atoms with Crippen molar-refractivity contribution in [1.82, 2.24) is 5.32 Å². The van der Waals surface area contributed by atoms with Crippen LogP contribution < -0.4 is 5.32 Å². The van der Waals surface area contributed by atoms with E-state index in [1.807, 2.05) is 30.3 Å². The topological polar surface area (TPSA) is 49.3 Å². The van der Waals surface area contributed by atoms with Crippen molar-refractivity contribution in [2.75, 3.05) is 6.61 Å². The molecular weight excluding hydrogens is 202 g/mol. The minimum absolute atomic E-state index is 0.0755. The van der Waals surface area contributed by atoms with Crippen LogP contribution in [0, 0.1) is 0 Å². The van der Waals surface area contributed by atoms with Crippen molar-refractivity contribution >= 4 is 5.91 Å². The smallest absolute Gasteiger partial charge is 0.246 e. The zero-order valence-corrected chi connectivity index (χ0v) is 9.44. The predicted molar refractivity (Wildman–Crippen MR) is 64.0 cm³/mol. The number of aliphatic hydroxyl groups excluding tert-OH is 1. The van der Waals surface area contributed by atoms with Gasteiger partial charge in [-0.15, -0.1) is 0 Å². The molecule has 16 heavy (non-hydrogen) atoms. The molecule has 1 rings (SSSR count). The van der Waals surface area contributed by atoms with E-state index < -0.39 is 0 Å². The van der Waals surface area contributed by atoms with Gasteiger partial charge >= 0.3 is 0 Å². The molecule has 0 saturated carbocycles. The second kappa shape index (κ2) is 6.08. The van der Waals surface area contributed by atoms with E-state index in [4.69, 9.17) is 0 Å². The third-order valence-corrected chi connectivity index (χ3v) is 2.27. The molecule has 0 aliphatic carbocycles. The van der Waals surface area contributed by atoms with E-state index in [0.29, 0.717) is 12.0 Å². The summed E-state index contributed by atoms with van der Waals surface area (Å²) < 4.78 is 0. The number of nitrogens with one attached hydrogen (secondary N) is 1. The number of carbonyl (C=O) groups excluding carboxylic acids is 1. The summed E-state index contributed by atoms with van der Waals surface area (Å²) in [5, 5.41) is 11.9. The van der Waals surface area contributed by atoms with E-state index in [-0.39, 0.29) is 18.6 Å². The van der Waals surface area contributed by atoms with Gasteiger partial charge in [-0.2, -0.15) is 0 Å². The van der Waals surface area contributed by atoms with E-state index in [1.165, 1.54) is 0 Å². The second-order valence-electron chi connectivity index (χ2n) is 3.82. The van der Waals surface area contributed by atoms with Gasteiger partial charge in [0.05, 0.1) is 12.6 Å². The molecule has 0 fully saturated rings. The molecular formula is C13H17NO2. The Hall–Kier alpha value is -1.61. The lowest BCUT2D eigenvalue weighted by Crippen LogP contribution is -2.39. The fourth-order valence-electron chi connectivity index (χ4n) is 1.37. The summed E-state index contributed by atoms with van der Waals surface area (Å²) in [6, 6.07) is 9.48. The number of carbonyl (C=O) groups is 1. The SMILES string of the molecule is C=C(C)C(=O)N[C@H](CO)Cc1ccccc1. The molecule has 1 amide bonds. The van der Waals surface area contributed by atoms with E-state index in [1.54, 1.807) is 6.92 Å². The maximum absolute atomic E-state index is 11.4. The minimum Gasteiger partial charge on any atom is -0.394 e. The Morgan fingerprint density at radius 3 is 2.56 bits per heavy atom. The second-order valence-corrected chi connectivity index (χ2v) is 3.82. The fraction of sp³-hybridized carbons (Fsp3) is 0.308. The molecule has 1 aromatic rings. The summed E-state index contributed by atoms with van der Waals surface area (Å²) in [6.45, 7) is 5.13. The van der Waals surface area contributed by atoms with Gasteiger partial charge in [-0.05, 0) is 18.9 Å². The zero-order chi connectivity index (χ0) is 12.0. The van der Waals surface area contributed by atoms with Crippen LogP contribution in [0.15, 0.2) is 42.5 Å². The molecule has 0 saturated heterocycles. The third-order valence-electron chi connectivity index (χ3n) is 2.27. The average molecular weight is 219 g/mol. The molecule has 86 valence electrons. The summed E-state index contributed by atoms with van der Waals surface area (Å²) in [4.78, 5) is 11.4. The van der Waals surface area contributed by atoms with Crippen LogP contribution in [-0.4, -0.2) is 23.7 Å². The molecule has 0 spiro atoms. The van der Waals surface area contributed by atoms with Gasteiger partial charge in [-0.1, -0.05) is 36.9 Å². The summed E-state index contributed by atoms with van der Waals surface area (Å²) in [5.74, 6) is -0.213. The molecule has 0 unspecified atom stereocenters. The summed E-state index contributed by atoms with van der Waals surface area (Å²) in [5.41, 5.74) is 1.54. The highest BCUT2D eigenvalue weighted by Crippen LogP contribution is 2.03. The fourth-order valence-corrected chi connectivity index (χ4v) is 1.37. The van der Waals surface area contributed by atoms with Crippen LogP contribution in [0.5, 0.6) is 0 Å². The maximum Gasteiger partial charge on any atom is 0.246 e. The van der Waals surface area contributed by atoms with Crippen LogP contribution >= 0.6 is 0 Å². The van der Waals surface area contributed by atoms with Crippen molar-refractivity contribution in [2.24, 2.45) is 0 Å². The molecule has 0 aromatic heterocycles. The molecule has 1 atom stereocenters. The molecule has 3 heteroatoms. The van der Waals surface area contributed by atoms with Gasteiger partial charge in [-0.3, -0.25) is 4.79 Å². The van der Waals surface area contributed by atoms with Crippen molar-refractivity contribution in [3.8, 4) is 0 Å². The van der Waals surface area contributed by atoms with Gasteiger partial charge in [0.2, 0.25) is 5.91 Å². The number of benzene rings is 1. The lowest BCUT2D eigenvalue weighted by atomic mass is 10.1. The van der Waals surface area contributed by atoms with Crippen LogP contribution in [0.2, 0.25) is 0 Å². The number of hydrogen-bond donors (Lipinski definition) is 2. The van der Waals surface area contributed by atoms with Crippen LogP contribution in [0.1, 0.15) is 12.5 Å². The highest BCUT2D eigenvalue weighted by atomic mass is 16.3. The number of amides is 1. The predicted octanol–water partition coefficient (Wildman–Crippen LogP) is 1.28. The maximum atomic E-state index is 11.4. The lowest BCUT2D eigenvalue weighted by Gasteiger charge is -2.16. The van der Waals surface area contributed by atoms with E-state index >= 15 is 0 Å². The highest BCUT2D eigenvalue weighted by Gasteiger charge is 2.11. The number of hydrogen-bond acceptors (Lipinski definition) is 2. The Labute approximate surface area is 95.8 Å². The Morgan fingerprint density at radius 1 is 1.44 bits per heavy atom.